The van der Waals surface area contributed by atoms with Crippen LogP contribution in [0.1, 0.15) is 11.1 Å². The van der Waals surface area contributed by atoms with Gasteiger partial charge in [0.1, 0.15) is 0 Å². The van der Waals surface area contributed by atoms with E-state index in [4.69, 9.17) is 17.3 Å². The molecule has 0 aliphatic rings. The number of benzene rings is 2. The van der Waals surface area contributed by atoms with Crippen LogP contribution in [0.3, 0.4) is 0 Å². The molecule has 2 aromatic carbocycles. The maximum atomic E-state index is 6.15. The fourth-order valence-electron chi connectivity index (χ4n) is 1.78. The van der Waals surface area contributed by atoms with E-state index >= 15 is 0 Å². The van der Waals surface area contributed by atoms with Crippen LogP contribution in [-0.4, -0.2) is 0 Å². The molecule has 0 atom stereocenters. The largest absolute Gasteiger partial charge is 0.326 e. The lowest BCUT2D eigenvalue weighted by molar-refractivity contribution is 1.07. The van der Waals surface area contributed by atoms with E-state index in [0.717, 1.165) is 16.1 Å². The number of hydrogen-bond donors (Lipinski definition) is 1. The number of nitrogens with two attached hydrogens (primary N) is 1. The summed E-state index contributed by atoms with van der Waals surface area (Å²) in [4.78, 5) is 0. The third kappa shape index (κ3) is 2.11. The van der Waals surface area contributed by atoms with Gasteiger partial charge in [-0.15, -0.1) is 0 Å². The zero-order valence-electron chi connectivity index (χ0n) is 9.20. The van der Waals surface area contributed by atoms with E-state index < -0.39 is 0 Å². The Kier molecular flexibility index (Phi) is 3.28. The molecule has 0 aliphatic heterocycles. The lowest BCUT2D eigenvalue weighted by Crippen LogP contribution is -1.97. The zero-order chi connectivity index (χ0) is 11.5. The maximum absolute atomic E-state index is 6.15. The molecule has 0 unspecified atom stereocenters. The van der Waals surface area contributed by atoms with Crippen molar-refractivity contribution < 1.29 is 0 Å². The Morgan fingerprint density at radius 3 is 2.50 bits per heavy atom. The molecule has 0 bridgehead atoms. The highest BCUT2D eigenvalue weighted by Crippen LogP contribution is 2.27. The Morgan fingerprint density at radius 1 is 1.12 bits per heavy atom. The van der Waals surface area contributed by atoms with E-state index in [1.165, 1.54) is 11.1 Å². The SMILES string of the molecule is Cc1ccccc1-c1ccc(CN)c(Cl)c1. The quantitative estimate of drug-likeness (QED) is 0.837. The van der Waals surface area contributed by atoms with Gasteiger partial charge >= 0.3 is 0 Å². The van der Waals surface area contributed by atoms with Gasteiger partial charge in [0.05, 0.1) is 0 Å². The van der Waals surface area contributed by atoms with Crippen molar-refractivity contribution in [3.05, 3.63) is 58.6 Å². The molecule has 16 heavy (non-hydrogen) atoms. The van der Waals surface area contributed by atoms with Crippen LogP contribution in [0.15, 0.2) is 42.5 Å². The minimum absolute atomic E-state index is 0.479. The van der Waals surface area contributed by atoms with Crippen LogP contribution in [-0.2, 0) is 6.54 Å². The first-order valence-electron chi connectivity index (χ1n) is 5.27. The molecule has 2 heteroatoms. The smallest absolute Gasteiger partial charge is 0.0457 e. The lowest BCUT2D eigenvalue weighted by atomic mass is 9.99. The van der Waals surface area contributed by atoms with E-state index in [1.54, 1.807) is 0 Å². The molecular formula is C14H14ClN. The first kappa shape index (κ1) is 11.2. The third-order valence-corrected chi connectivity index (χ3v) is 3.08. The van der Waals surface area contributed by atoms with E-state index in [-0.39, 0.29) is 0 Å². The zero-order valence-corrected chi connectivity index (χ0v) is 9.96. The van der Waals surface area contributed by atoms with Gasteiger partial charge in [-0.3, -0.25) is 0 Å². The van der Waals surface area contributed by atoms with E-state index in [9.17, 15) is 0 Å². The second kappa shape index (κ2) is 4.69. The van der Waals surface area contributed by atoms with E-state index in [2.05, 4.69) is 25.1 Å². The number of hydrogen-bond acceptors (Lipinski definition) is 1. The lowest BCUT2D eigenvalue weighted by Gasteiger charge is -2.08. The van der Waals surface area contributed by atoms with Crippen molar-refractivity contribution in [3.8, 4) is 11.1 Å². The second-order valence-corrected chi connectivity index (χ2v) is 4.23. The highest BCUT2D eigenvalue weighted by atomic mass is 35.5. The van der Waals surface area contributed by atoms with E-state index in [0.29, 0.717) is 6.54 Å². The fourth-order valence-corrected chi connectivity index (χ4v) is 2.03. The molecule has 0 aliphatic carbocycles. The molecule has 0 aromatic heterocycles. The summed E-state index contributed by atoms with van der Waals surface area (Å²) in [5.41, 5.74) is 10.2. The molecule has 2 aromatic rings. The summed E-state index contributed by atoms with van der Waals surface area (Å²) >= 11 is 6.15. The van der Waals surface area contributed by atoms with Gasteiger partial charge in [-0.2, -0.15) is 0 Å². The van der Waals surface area contributed by atoms with Crippen molar-refractivity contribution in [1.29, 1.82) is 0 Å². The second-order valence-electron chi connectivity index (χ2n) is 3.83. The Balaban J connectivity index is 2.50. The molecule has 0 spiro atoms. The first-order chi connectivity index (χ1) is 7.72. The standard InChI is InChI=1S/C14H14ClN/c1-10-4-2-3-5-13(10)11-6-7-12(9-16)14(15)8-11/h2-8H,9,16H2,1H3. The van der Waals surface area contributed by atoms with Gasteiger partial charge in [0.2, 0.25) is 0 Å². The number of halogens is 1. The normalized spacial score (nSPS) is 10.4. The molecule has 2 rings (SSSR count). The Hall–Kier alpha value is -1.31. The van der Waals surface area contributed by atoms with Crippen molar-refractivity contribution in [2.24, 2.45) is 5.73 Å². The molecule has 0 saturated heterocycles. The first-order valence-corrected chi connectivity index (χ1v) is 5.64. The van der Waals surface area contributed by atoms with Crippen LogP contribution >= 0.6 is 11.6 Å². The predicted octanol–water partition coefficient (Wildman–Crippen LogP) is 3.77. The maximum Gasteiger partial charge on any atom is 0.0457 e. The third-order valence-electron chi connectivity index (χ3n) is 2.73. The molecule has 0 fully saturated rings. The average molecular weight is 232 g/mol. The van der Waals surface area contributed by atoms with Gasteiger partial charge in [0.25, 0.3) is 0 Å². The highest BCUT2D eigenvalue weighted by Gasteiger charge is 2.04. The monoisotopic (exact) mass is 231 g/mol. The van der Waals surface area contributed by atoms with E-state index in [1.807, 2.05) is 24.3 Å². The fraction of sp³-hybridized carbons (Fsp3) is 0.143. The Labute approximate surface area is 101 Å². The average Bonchev–Trinajstić information content (AvgIpc) is 2.29. The molecule has 0 amide bonds. The molecular weight excluding hydrogens is 218 g/mol. The minimum atomic E-state index is 0.479. The van der Waals surface area contributed by atoms with Crippen LogP contribution in [0.5, 0.6) is 0 Å². The summed E-state index contributed by atoms with van der Waals surface area (Å²) in [7, 11) is 0. The molecule has 82 valence electrons. The molecule has 0 radical (unpaired) electrons. The number of rotatable bonds is 2. The summed E-state index contributed by atoms with van der Waals surface area (Å²) in [6, 6.07) is 14.3. The van der Waals surface area contributed by atoms with Gasteiger partial charge in [0, 0.05) is 11.6 Å². The van der Waals surface area contributed by atoms with Crippen LogP contribution < -0.4 is 5.73 Å². The molecule has 2 N–H and O–H groups in total. The van der Waals surface area contributed by atoms with Gasteiger partial charge in [-0.25, -0.2) is 0 Å². The molecule has 1 nitrogen and oxygen atoms in total. The Morgan fingerprint density at radius 2 is 1.88 bits per heavy atom. The Bertz CT molecular complexity index is 506. The number of aryl methyl sites for hydroxylation is 1. The summed E-state index contributed by atoms with van der Waals surface area (Å²) in [5.74, 6) is 0. The summed E-state index contributed by atoms with van der Waals surface area (Å²) in [6.45, 7) is 2.58. The molecule has 0 heterocycles. The van der Waals surface area contributed by atoms with Gasteiger partial charge < -0.3 is 5.73 Å². The van der Waals surface area contributed by atoms with Gasteiger partial charge in [-0.1, -0.05) is 48.0 Å². The topological polar surface area (TPSA) is 26.0 Å². The summed E-state index contributed by atoms with van der Waals surface area (Å²) in [5, 5.41) is 0.739. The van der Waals surface area contributed by atoms with Crippen LogP contribution in [0.4, 0.5) is 0 Å². The van der Waals surface area contributed by atoms with Crippen molar-refractivity contribution >= 4 is 11.6 Å². The minimum Gasteiger partial charge on any atom is -0.326 e. The van der Waals surface area contributed by atoms with Gasteiger partial charge in [-0.05, 0) is 35.2 Å². The predicted molar refractivity (Wildman–Crippen MR) is 69.5 cm³/mol. The summed E-state index contributed by atoms with van der Waals surface area (Å²) in [6.07, 6.45) is 0. The van der Waals surface area contributed by atoms with Gasteiger partial charge in [0.15, 0.2) is 0 Å². The van der Waals surface area contributed by atoms with Crippen LogP contribution in [0, 0.1) is 6.92 Å². The van der Waals surface area contributed by atoms with Crippen molar-refractivity contribution in [2.75, 3.05) is 0 Å². The van der Waals surface area contributed by atoms with Crippen molar-refractivity contribution in [2.45, 2.75) is 13.5 Å². The van der Waals surface area contributed by atoms with Crippen molar-refractivity contribution in [3.63, 3.8) is 0 Å². The summed E-state index contributed by atoms with van der Waals surface area (Å²) < 4.78 is 0. The van der Waals surface area contributed by atoms with Crippen LogP contribution in [0.25, 0.3) is 11.1 Å². The van der Waals surface area contributed by atoms with Crippen LogP contribution in [0.2, 0.25) is 5.02 Å². The van der Waals surface area contributed by atoms with Crippen molar-refractivity contribution in [1.82, 2.24) is 0 Å². The molecule has 0 saturated carbocycles. The highest BCUT2D eigenvalue weighted by molar-refractivity contribution is 6.31.